The first-order valence-corrected chi connectivity index (χ1v) is 7.32. The van der Waals surface area contributed by atoms with E-state index in [0.29, 0.717) is 25.3 Å². The monoisotopic (exact) mass is 295 g/mol. The summed E-state index contributed by atoms with van der Waals surface area (Å²) in [4.78, 5) is 11.3. The second-order valence-corrected chi connectivity index (χ2v) is 4.48. The molecule has 0 heterocycles. The minimum Gasteiger partial charge on any atom is -0.465 e. The van der Waals surface area contributed by atoms with Gasteiger partial charge in [0.1, 0.15) is 0 Å². The van der Waals surface area contributed by atoms with Gasteiger partial charge in [-0.25, -0.2) is 4.79 Å². The fourth-order valence-electron chi connectivity index (χ4n) is 1.92. The van der Waals surface area contributed by atoms with Crippen LogP contribution in [0.15, 0.2) is 24.3 Å². The SMILES string of the molecule is CCOC(CNCCc1ccc(C(=O)OC)cc1)OCC. The largest absolute Gasteiger partial charge is 0.465 e. The predicted molar refractivity (Wildman–Crippen MR) is 81.4 cm³/mol. The highest BCUT2D eigenvalue weighted by atomic mass is 16.7. The molecule has 0 aliphatic carbocycles. The van der Waals surface area contributed by atoms with Crippen molar-refractivity contribution in [3.8, 4) is 0 Å². The van der Waals surface area contributed by atoms with E-state index in [0.717, 1.165) is 13.0 Å². The quantitative estimate of drug-likeness (QED) is 0.406. The molecule has 0 saturated heterocycles. The molecule has 1 N–H and O–H groups in total. The summed E-state index contributed by atoms with van der Waals surface area (Å²) in [5, 5.41) is 3.31. The van der Waals surface area contributed by atoms with E-state index >= 15 is 0 Å². The maximum Gasteiger partial charge on any atom is 0.337 e. The molecule has 1 aromatic carbocycles. The number of methoxy groups -OCH3 is 1. The van der Waals surface area contributed by atoms with E-state index in [9.17, 15) is 4.79 Å². The highest BCUT2D eigenvalue weighted by molar-refractivity contribution is 5.89. The van der Waals surface area contributed by atoms with Gasteiger partial charge >= 0.3 is 5.97 Å². The Hall–Kier alpha value is -1.43. The predicted octanol–water partition coefficient (Wildman–Crippen LogP) is 2.00. The number of carbonyl (C=O) groups excluding carboxylic acids is 1. The van der Waals surface area contributed by atoms with Crippen LogP contribution in [0, 0.1) is 0 Å². The topological polar surface area (TPSA) is 56.8 Å². The van der Waals surface area contributed by atoms with Gasteiger partial charge in [0, 0.05) is 19.8 Å². The smallest absolute Gasteiger partial charge is 0.337 e. The third kappa shape index (κ3) is 6.71. The number of carbonyl (C=O) groups is 1. The fourth-order valence-corrected chi connectivity index (χ4v) is 1.92. The number of nitrogens with one attached hydrogen (secondary N) is 1. The van der Waals surface area contributed by atoms with Gasteiger partial charge in [-0.2, -0.15) is 0 Å². The lowest BCUT2D eigenvalue weighted by atomic mass is 10.1. The number of benzene rings is 1. The first kappa shape index (κ1) is 17.6. The average Bonchev–Trinajstić information content (AvgIpc) is 2.51. The zero-order valence-corrected chi connectivity index (χ0v) is 13.1. The molecule has 0 aromatic heterocycles. The first-order valence-electron chi connectivity index (χ1n) is 7.32. The standard InChI is InChI=1S/C16H25NO4/c1-4-20-15(21-5-2)12-17-11-10-13-6-8-14(9-7-13)16(18)19-3/h6-9,15,17H,4-5,10-12H2,1-3H3. The van der Waals surface area contributed by atoms with Crippen LogP contribution >= 0.6 is 0 Å². The van der Waals surface area contributed by atoms with Gasteiger partial charge in [0.2, 0.25) is 0 Å². The van der Waals surface area contributed by atoms with Crippen molar-refractivity contribution in [3.05, 3.63) is 35.4 Å². The van der Waals surface area contributed by atoms with Gasteiger partial charge in [-0.1, -0.05) is 12.1 Å². The number of rotatable bonds is 10. The molecule has 0 atom stereocenters. The van der Waals surface area contributed by atoms with Gasteiger partial charge in [-0.3, -0.25) is 0 Å². The Morgan fingerprint density at radius 1 is 1.14 bits per heavy atom. The third-order valence-corrected chi connectivity index (χ3v) is 2.98. The molecule has 0 amide bonds. The Balaban J connectivity index is 2.30. The van der Waals surface area contributed by atoms with Crippen LogP contribution in [0.4, 0.5) is 0 Å². The second-order valence-electron chi connectivity index (χ2n) is 4.48. The molecule has 0 fully saturated rings. The molecule has 0 bridgehead atoms. The van der Waals surface area contributed by atoms with Crippen LogP contribution in [-0.2, 0) is 20.6 Å². The lowest BCUT2D eigenvalue weighted by Crippen LogP contribution is -2.32. The summed E-state index contributed by atoms with van der Waals surface area (Å²) in [6.45, 7) is 6.68. The summed E-state index contributed by atoms with van der Waals surface area (Å²) in [5.41, 5.74) is 1.74. The Labute approximate surface area is 126 Å². The summed E-state index contributed by atoms with van der Waals surface area (Å²) in [7, 11) is 1.38. The molecule has 0 saturated carbocycles. The van der Waals surface area contributed by atoms with E-state index in [1.807, 2.05) is 26.0 Å². The molecule has 5 heteroatoms. The highest BCUT2D eigenvalue weighted by Crippen LogP contribution is 2.06. The van der Waals surface area contributed by atoms with E-state index in [1.165, 1.54) is 12.7 Å². The summed E-state index contributed by atoms with van der Waals surface area (Å²) >= 11 is 0. The maximum absolute atomic E-state index is 11.3. The summed E-state index contributed by atoms with van der Waals surface area (Å²) in [6, 6.07) is 7.45. The van der Waals surface area contributed by atoms with E-state index in [1.54, 1.807) is 12.1 Å². The fraction of sp³-hybridized carbons (Fsp3) is 0.562. The van der Waals surface area contributed by atoms with Crippen molar-refractivity contribution >= 4 is 5.97 Å². The van der Waals surface area contributed by atoms with Gasteiger partial charge in [-0.15, -0.1) is 0 Å². The van der Waals surface area contributed by atoms with Gasteiger partial charge in [-0.05, 0) is 44.5 Å². The summed E-state index contributed by atoms with van der Waals surface area (Å²) in [5.74, 6) is -0.309. The molecular formula is C16H25NO4. The average molecular weight is 295 g/mol. The van der Waals surface area contributed by atoms with Gasteiger partial charge in [0.15, 0.2) is 6.29 Å². The molecule has 0 radical (unpaired) electrons. The molecular weight excluding hydrogens is 270 g/mol. The molecule has 0 spiro atoms. The number of ether oxygens (including phenoxy) is 3. The zero-order valence-electron chi connectivity index (χ0n) is 13.1. The van der Waals surface area contributed by atoms with Crippen molar-refractivity contribution in [1.29, 1.82) is 0 Å². The van der Waals surface area contributed by atoms with Crippen LogP contribution < -0.4 is 5.32 Å². The Kier molecular flexibility index (Phi) is 8.66. The molecule has 118 valence electrons. The Bertz CT molecular complexity index is 399. The molecule has 1 rings (SSSR count). The van der Waals surface area contributed by atoms with Crippen LogP contribution in [0.2, 0.25) is 0 Å². The van der Waals surface area contributed by atoms with Crippen molar-refractivity contribution in [2.75, 3.05) is 33.4 Å². The van der Waals surface area contributed by atoms with Crippen molar-refractivity contribution < 1.29 is 19.0 Å². The minimum atomic E-state index is -0.309. The normalized spacial score (nSPS) is 10.9. The number of hydrogen-bond donors (Lipinski definition) is 1. The van der Waals surface area contributed by atoms with Crippen LogP contribution in [0.1, 0.15) is 29.8 Å². The highest BCUT2D eigenvalue weighted by Gasteiger charge is 2.07. The molecule has 21 heavy (non-hydrogen) atoms. The van der Waals surface area contributed by atoms with Crippen LogP contribution in [0.25, 0.3) is 0 Å². The first-order chi connectivity index (χ1) is 10.2. The number of hydrogen-bond acceptors (Lipinski definition) is 5. The van der Waals surface area contributed by atoms with E-state index in [4.69, 9.17) is 9.47 Å². The van der Waals surface area contributed by atoms with E-state index in [2.05, 4.69) is 10.1 Å². The Morgan fingerprint density at radius 3 is 2.29 bits per heavy atom. The molecule has 0 unspecified atom stereocenters. The maximum atomic E-state index is 11.3. The van der Waals surface area contributed by atoms with Crippen molar-refractivity contribution in [2.24, 2.45) is 0 Å². The molecule has 0 aliphatic rings. The molecule has 0 aliphatic heterocycles. The van der Waals surface area contributed by atoms with Gasteiger partial charge in [0.05, 0.1) is 12.7 Å². The van der Waals surface area contributed by atoms with Crippen LogP contribution in [-0.4, -0.2) is 45.7 Å². The van der Waals surface area contributed by atoms with E-state index < -0.39 is 0 Å². The summed E-state index contributed by atoms with van der Waals surface area (Å²) < 4.78 is 15.6. The molecule has 1 aromatic rings. The number of esters is 1. The van der Waals surface area contributed by atoms with Crippen molar-refractivity contribution in [3.63, 3.8) is 0 Å². The van der Waals surface area contributed by atoms with Crippen molar-refractivity contribution in [2.45, 2.75) is 26.6 Å². The minimum absolute atomic E-state index is 0.193. The Morgan fingerprint density at radius 2 is 1.76 bits per heavy atom. The van der Waals surface area contributed by atoms with E-state index in [-0.39, 0.29) is 12.3 Å². The molecule has 5 nitrogen and oxygen atoms in total. The van der Waals surface area contributed by atoms with Gasteiger partial charge in [0.25, 0.3) is 0 Å². The lowest BCUT2D eigenvalue weighted by molar-refractivity contribution is -0.132. The van der Waals surface area contributed by atoms with Crippen LogP contribution in [0.5, 0.6) is 0 Å². The van der Waals surface area contributed by atoms with Crippen molar-refractivity contribution in [1.82, 2.24) is 5.32 Å². The lowest BCUT2D eigenvalue weighted by Gasteiger charge is -2.17. The third-order valence-electron chi connectivity index (χ3n) is 2.98. The van der Waals surface area contributed by atoms with Crippen LogP contribution in [0.3, 0.4) is 0 Å². The zero-order chi connectivity index (χ0) is 15.5. The summed E-state index contributed by atoms with van der Waals surface area (Å²) in [6.07, 6.45) is 0.689. The van der Waals surface area contributed by atoms with Gasteiger partial charge < -0.3 is 19.5 Å². The second kappa shape index (κ2) is 10.3.